The molecule has 0 radical (unpaired) electrons. The highest BCUT2D eigenvalue weighted by atomic mass is 16.3. The summed E-state index contributed by atoms with van der Waals surface area (Å²) in [5.41, 5.74) is 0. The van der Waals surface area contributed by atoms with Crippen molar-refractivity contribution in [3.8, 4) is 0 Å². The lowest BCUT2D eigenvalue weighted by Gasteiger charge is -1.93. The molecule has 64 valence electrons. The van der Waals surface area contributed by atoms with Crippen LogP contribution in [0.5, 0.6) is 0 Å². The minimum atomic E-state index is -0.167. The Morgan fingerprint density at radius 1 is 1.40 bits per heavy atom. The van der Waals surface area contributed by atoms with Crippen molar-refractivity contribution in [1.82, 2.24) is 4.90 Å². The predicted molar refractivity (Wildman–Crippen MR) is 40.7 cm³/mol. The van der Waals surface area contributed by atoms with Gasteiger partial charge in [-0.1, -0.05) is 0 Å². The second-order valence-electron chi connectivity index (χ2n) is 2.16. The van der Waals surface area contributed by atoms with Gasteiger partial charge in [0.2, 0.25) is 6.41 Å². The van der Waals surface area contributed by atoms with Crippen molar-refractivity contribution in [2.45, 2.75) is 20.0 Å². The van der Waals surface area contributed by atoms with Gasteiger partial charge >= 0.3 is 0 Å². The molecule has 4 heteroatoms. The highest BCUT2D eigenvalue weighted by Gasteiger charge is 1.69. The van der Waals surface area contributed by atoms with Crippen molar-refractivity contribution in [3.05, 3.63) is 0 Å². The fraction of sp³-hybridized carbons (Fsp3) is 0.833. The molecule has 0 bridgehead atoms. The minimum Gasteiger partial charge on any atom is -0.412 e. The van der Waals surface area contributed by atoms with Crippen molar-refractivity contribution < 1.29 is 15.4 Å². The van der Waals surface area contributed by atoms with Gasteiger partial charge in [0, 0.05) is 20.2 Å². The maximum Gasteiger partial charge on any atom is 0.209 e. The monoisotopic (exact) mass is 151 g/mol. The Hall–Kier alpha value is -0.610. The molecular formula is C6H17NO3. The fourth-order valence-corrected chi connectivity index (χ4v) is 0. The van der Waals surface area contributed by atoms with Gasteiger partial charge in [-0.25, -0.2) is 0 Å². The van der Waals surface area contributed by atoms with Gasteiger partial charge in [-0.05, 0) is 13.8 Å². The van der Waals surface area contributed by atoms with E-state index < -0.39 is 0 Å². The van der Waals surface area contributed by atoms with Crippen LogP contribution in [0.4, 0.5) is 0 Å². The first-order chi connectivity index (χ1) is 4.00. The molecule has 0 aliphatic carbocycles. The van der Waals surface area contributed by atoms with E-state index in [4.69, 9.17) is 5.11 Å². The Balaban J connectivity index is -0.0000000910. The van der Waals surface area contributed by atoms with E-state index >= 15 is 0 Å². The molecule has 0 aliphatic heterocycles. The van der Waals surface area contributed by atoms with E-state index in [9.17, 15) is 4.79 Å². The normalized spacial score (nSPS) is 7.00. The number of aliphatic hydroxyl groups excluding tert-OH is 1. The van der Waals surface area contributed by atoms with Crippen LogP contribution in [0.1, 0.15) is 13.8 Å². The first kappa shape index (κ1) is 16.2. The highest BCUT2D eigenvalue weighted by Crippen LogP contribution is 1.65. The molecule has 0 aromatic heterocycles. The summed E-state index contributed by atoms with van der Waals surface area (Å²) in [7, 11) is 3.38. The molecule has 10 heavy (non-hydrogen) atoms. The second kappa shape index (κ2) is 11.2. The third-order valence-corrected chi connectivity index (χ3v) is 0.211. The first-order valence-corrected chi connectivity index (χ1v) is 2.80. The van der Waals surface area contributed by atoms with Crippen LogP contribution >= 0.6 is 0 Å². The molecule has 0 rings (SSSR count). The minimum absolute atomic E-state index is 0. The van der Waals surface area contributed by atoms with Gasteiger partial charge in [0.05, 0.1) is 0 Å². The Bertz CT molecular complexity index is 61.3. The number of amides is 1. The average Bonchev–Trinajstić information content (AvgIpc) is 1.65. The molecule has 0 aromatic rings. The molecular weight excluding hydrogens is 134 g/mol. The molecule has 1 amide bonds. The van der Waals surface area contributed by atoms with Gasteiger partial charge in [0.1, 0.15) is 0 Å². The molecule has 4 nitrogen and oxygen atoms in total. The van der Waals surface area contributed by atoms with E-state index in [1.165, 1.54) is 4.90 Å². The molecule has 0 aliphatic rings. The molecule has 0 atom stereocenters. The quantitative estimate of drug-likeness (QED) is 0.502. The molecule has 0 unspecified atom stereocenters. The van der Waals surface area contributed by atoms with Gasteiger partial charge in [0.25, 0.3) is 0 Å². The van der Waals surface area contributed by atoms with E-state index in [-0.39, 0.29) is 11.6 Å². The van der Waals surface area contributed by atoms with Crippen LogP contribution in [0.2, 0.25) is 0 Å². The van der Waals surface area contributed by atoms with Crippen LogP contribution in [-0.2, 0) is 4.79 Å². The highest BCUT2D eigenvalue weighted by molar-refractivity contribution is 5.45. The van der Waals surface area contributed by atoms with Crippen molar-refractivity contribution >= 4 is 6.41 Å². The van der Waals surface area contributed by atoms with Gasteiger partial charge in [-0.15, -0.1) is 0 Å². The molecule has 0 heterocycles. The van der Waals surface area contributed by atoms with Gasteiger partial charge in [0.15, 0.2) is 0 Å². The average molecular weight is 151 g/mol. The molecule has 0 aromatic carbocycles. The van der Waals surface area contributed by atoms with E-state index in [1.54, 1.807) is 27.9 Å². The maximum absolute atomic E-state index is 9.43. The SMILES string of the molecule is CC(C)O.CN(C)C=O.O. The van der Waals surface area contributed by atoms with Crippen LogP contribution in [0.15, 0.2) is 0 Å². The number of nitrogens with zero attached hydrogens (tertiary/aromatic N) is 1. The van der Waals surface area contributed by atoms with Crippen LogP contribution in [0, 0.1) is 0 Å². The number of carbonyl (C=O) groups is 1. The lowest BCUT2D eigenvalue weighted by molar-refractivity contribution is -0.115. The topological polar surface area (TPSA) is 72.0 Å². The van der Waals surface area contributed by atoms with Gasteiger partial charge < -0.3 is 15.5 Å². The summed E-state index contributed by atoms with van der Waals surface area (Å²) in [6.07, 6.45) is 0.583. The zero-order valence-electron chi connectivity index (χ0n) is 6.96. The molecule has 0 spiro atoms. The Labute approximate surface area is 61.8 Å². The third kappa shape index (κ3) is 156. The lowest BCUT2D eigenvalue weighted by Crippen LogP contribution is -2.06. The maximum atomic E-state index is 9.43. The summed E-state index contributed by atoms with van der Waals surface area (Å²) in [5.74, 6) is 0. The number of aliphatic hydroxyl groups is 1. The van der Waals surface area contributed by atoms with E-state index in [0.717, 1.165) is 6.41 Å². The zero-order chi connectivity index (χ0) is 7.86. The van der Waals surface area contributed by atoms with Crippen molar-refractivity contribution in [2.75, 3.05) is 14.1 Å². The van der Waals surface area contributed by atoms with Gasteiger partial charge in [-0.2, -0.15) is 0 Å². The molecule has 0 fully saturated rings. The Kier molecular flexibility index (Phi) is 18.2. The summed E-state index contributed by atoms with van der Waals surface area (Å²) in [5, 5.41) is 8.06. The van der Waals surface area contributed by atoms with Crippen molar-refractivity contribution in [3.63, 3.8) is 0 Å². The van der Waals surface area contributed by atoms with Gasteiger partial charge in [-0.3, -0.25) is 4.79 Å². The standard InChI is InChI=1S/C3H7NO.C3H8O.H2O/c1-4(2)3-5;1-3(2)4;/h3H,1-2H3;3-4H,1-2H3;1H2. The van der Waals surface area contributed by atoms with Crippen LogP contribution in [0.3, 0.4) is 0 Å². The lowest BCUT2D eigenvalue weighted by atomic mass is 10.5. The molecule has 0 saturated heterocycles. The Morgan fingerprint density at radius 3 is 1.50 bits per heavy atom. The summed E-state index contributed by atoms with van der Waals surface area (Å²) in [6, 6.07) is 0. The van der Waals surface area contributed by atoms with Crippen molar-refractivity contribution in [2.24, 2.45) is 0 Å². The van der Waals surface area contributed by atoms with E-state index in [1.807, 2.05) is 0 Å². The summed E-state index contributed by atoms with van der Waals surface area (Å²) in [4.78, 5) is 10.9. The number of rotatable bonds is 1. The smallest absolute Gasteiger partial charge is 0.209 e. The number of carbonyl (C=O) groups excluding carboxylic acids is 1. The van der Waals surface area contributed by atoms with Crippen LogP contribution in [-0.4, -0.2) is 42.1 Å². The zero-order valence-corrected chi connectivity index (χ0v) is 6.96. The molecule has 3 N–H and O–H groups in total. The number of hydrogen-bond donors (Lipinski definition) is 1. The third-order valence-electron chi connectivity index (χ3n) is 0.211. The second-order valence-corrected chi connectivity index (χ2v) is 2.16. The van der Waals surface area contributed by atoms with Crippen LogP contribution < -0.4 is 0 Å². The Morgan fingerprint density at radius 2 is 1.50 bits per heavy atom. The fourth-order valence-electron chi connectivity index (χ4n) is 0. The van der Waals surface area contributed by atoms with Crippen LogP contribution in [0.25, 0.3) is 0 Å². The number of hydrogen-bond acceptors (Lipinski definition) is 2. The summed E-state index contributed by atoms with van der Waals surface area (Å²) >= 11 is 0. The predicted octanol–water partition coefficient (Wildman–Crippen LogP) is -0.733. The molecule has 0 saturated carbocycles. The first-order valence-electron chi connectivity index (χ1n) is 2.80. The summed E-state index contributed by atoms with van der Waals surface area (Å²) in [6.45, 7) is 3.44. The van der Waals surface area contributed by atoms with E-state index in [2.05, 4.69) is 0 Å². The summed E-state index contributed by atoms with van der Waals surface area (Å²) < 4.78 is 0. The largest absolute Gasteiger partial charge is 0.412 e. The van der Waals surface area contributed by atoms with Crippen molar-refractivity contribution in [1.29, 1.82) is 0 Å². The van der Waals surface area contributed by atoms with E-state index in [0.29, 0.717) is 0 Å².